The van der Waals surface area contributed by atoms with Gasteiger partial charge in [0, 0.05) is 0 Å². The van der Waals surface area contributed by atoms with E-state index in [1.54, 1.807) is 13.0 Å². The highest BCUT2D eigenvalue weighted by atomic mass is 32.2. The number of benzene rings is 1. The van der Waals surface area contributed by atoms with Gasteiger partial charge in [0.1, 0.15) is 11.1 Å². The van der Waals surface area contributed by atoms with Crippen molar-refractivity contribution in [1.29, 1.82) is 0 Å². The molecule has 0 aliphatic rings. The second-order valence-electron chi connectivity index (χ2n) is 3.00. The van der Waals surface area contributed by atoms with Crippen LogP contribution in [0.1, 0.15) is 6.92 Å². The van der Waals surface area contributed by atoms with E-state index in [0.717, 1.165) is 0 Å². The first-order valence-electron chi connectivity index (χ1n) is 4.79. The van der Waals surface area contributed by atoms with Crippen molar-refractivity contribution in [2.75, 3.05) is 12.3 Å². The van der Waals surface area contributed by atoms with E-state index in [9.17, 15) is 13.2 Å². The van der Waals surface area contributed by atoms with Crippen LogP contribution in [-0.4, -0.2) is 27.2 Å². The zero-order chi connectivity index (χ0) is 12.9. The van der Waals surface area contributed by atoms with Gasteiger partial charge in [0.15, 0.2) is 0 Å². The summed E-state index contributed by atoms with van der Waals surface area (Å²) in [6.45, 7) is 1.76. The molecule has 92 valence electrons. The van der Waals surface area contributed by atoms with Gasteiger partial charge in [-0.2, -0.15) is 12.8 Å². The predicted octanol–water partition coefficient (Wildman–Crippen LogP) is 0.591. The van der Waals surface area contributed by atoms with Crippen LogP contribution in [0.3, 0.4) is 0 Å². The van der Waals surface area contributed by atoms with Crippen molar-refractivity contribution in [2.45, 2.75) is 11.8 Å². The highest BCUT2D eigenvalue weighted by Gasteiger charge is 2.15. The number of ether oxygens (including phenoxy) is 1. The number of para-hydroxylation sites is 1. The minimum absolute atomic E-state index is 0.0773. The molecule has 0 spiro atoms. The van der Waals surface area contributed by atoms with Crippen molar-refractivity contribution in [3.05, 3.63) is 24.3 Å². The summed E-state index contributed by atoms with van der Waals surface area (Å²) in [6.07, 6.45) is 0.616. The molecule has 1 aromatic carbocycles. The average molecular weight is 256 g/mol. The van der Waals surface area contributed by atoms with Crippen molar-refractivity contribution < 1.29 is 17.9 Å². The van der Waals surface area contributed by atoms with Crippen LogP contribution in [0.2, 0.25) is 0 Å². The second-order valence-corrected chi connectivity index (χ2v) is 4.60. The zero-order valence-corrected chi connectivity index (χ0v) is 9.98. The molecular formula is C10H12N2O4S. The first kappa shape index (κ1) is 13.2. The molecule has 7 heteroatoms. The molecule has 0 bridgehead atoms. The largest absolute Gasteiger partial charge is 0.462 e. The Kier molecular flexibility index (Phi) is 4.22. The Hall–Kier alpha value is -1.89. The smallest absolute Gasteiger partial charge is 0.350 e. The van der Waals surface area contributed by atoms with E-state index < -0.39 is 16.0 Å². The second kappa shape index (κ2) is 5.44. The van der Waals surface area contributed by atoms with E-state index >= 15 is 0 Å². The standard InChI is InChI=1S/C10H12N2O4S/c1-2-16-10(13)7-12-17(14,15)9-6-4-3-5-8(9)11/h3-7H,2,11H2,1H3/b12-7+. The molecule has 0 aliphatic carbocycles. The van der Waals surface area contributed by atoms with E-state index in [1.165, 1.54) is 18.2 Å². The maximum atomic E-state index is 11.7. The van der Waals surface area contributed by atoms with Gasteiger partial charge in [-0.05, 0) is 19.1 Å². The third kappa shape index (κ3) is 3.56. The van der Waals surface area contributed by atoms with Gasteiger partial charge in [0.2, 0.25) is 0 Å². The molecular weight excluding hydrogens is 244 g/mol. The summed E-state index contributed by atoms with van der Waals surface area (Å²) in [4.78, 5) is 10.8. The number of nitrogen functional groups attached to an aromatic ring is 1. The molecule has 1 aromatic rings. The third-order valence-electron chi connectivity index (χ3n) is 1.78. The van der Waals surface area contributed by atoms with Crippen molar-refractivity contribution in [2.24, 2.45) is 4.40 Å². The first-order chi connectivity index (χ1) is 7.97. The van der Waals surface area contributed by atoms with E-state index in [2.05, 4.69) is 9.13 Å². The molecule has 0 radical (unpaired) electrons. The minimum atomic E-state index is -3.96. The molecule has 0 unspecified atom stereocenters. The number of nitrogens with two attached hydrogens (primary N) is 1. The maximum absolute atomic E-state index is 11.7. The van der Waals surface area contributed by atoms with Gasteiger partial charge >= 0.3 is 5.97 Å². The Balaban J connectivity index is 2.98. The Morgan fingerprint density at radius 3 is 2.71 bits per heavy atom. The number of esters is 1. The number of anilines is 1. The molecule has 0 aliphatic heterocycles. The van der Waals surface area contributed by atoms with Crippen LogP contribution in [-0.2, 0) is 19.6 Å². The monoisotopic (exact) mass is 256 g/mol. The Morgan fingerprint density at radius 2 is 2.12 bits per heavy atom. The van der Waals surface area contributed by atoms with E-state index in [-0.39, 0.29) is 17.2 Å². The van der Waals surface area contributed by atoms with E-state index in [1.807, 2.05) is 0 Å². The number of nitrogens with zero attached hydrogens (tertiary/aromatic N) is 1. The minimum Gasteiger partial charge on any atom is -0.462 e. The predicted molar refractivity (Wildman–Crippen MR) is 63.2 cm³/mol. The summed E-state index contributed by atoms with van der Waals surface area (Å²) in [5, 5.41) is 0. The van der Waals surface area contributed by atoms with Crippen molar-refractivity contribution in [3.63, 3.8) is 0 Å². The van der Waals surface area contributed by atoms with Crippen LogP contribution < -0.4 is 5.73 Å². The Morgan fingerprint density at radius 1 is 1.47 bits per heavy atom. The van der Waals surface area contributed by atoms with Crippen LogP contribution in [0.25, 0.3) is 0 Å². The number of hydrogen-bond donors (Lipinski definition) is 1. The van der Waals surface area contributed by atoms with E-state index in [4.69, 9.17) is 5.73 Å². The van der Waals surface area contributed by atoms with Gasteiger partial charge in [0.25, 0.3) is 10.0 Å². The Bertz CT molecular complexity index is 537. The summed E-state index contributed by atoms with van der Waals surface area (Å²) in [7, 11) is -3.96. The molecule has 1 rings (SSSR count). The number of carbonyl (C=O) groups is 1. The van der Waals surface area contributed by atoms with Crippen LogP contribution >= 0.6 is 0 Å². The molecule has 0 amide bonds. The zero-order valence-electron chi connectivity index (χ0n) is 9.16. The van der Waals surface area contributed by atoms with Gasteiger partial charge < -0.3 is 10.5 Å². The van der Waals surface area contributed by atoms with E-state index in [0.29, 0.717) is 6.21 Å². The summed E-state index contributed by atoms with van der Waals surface area (Å²) in [5.41, 5.74) is 5.58. The fraction of sp³-hybridized carbons (Fsp3) is 0.200. The summed E-state index contributed by atoms with van der Waals surface area (Å²) < 4.78 is 31.1. The molecule has 0 aromatic heterocycles. The highest BCUT2D eigenvalue weighted by molar-refractivity contribution is 7.90. The van der Waals surface area contributed by atoms with Crippen LogP contribution in [0, 0.1) is 0 Å². The molecule has 0 atom stereocenters. The molecule has 2 N–H and O–H groups in total. The van der Waals surface area contributed by atoms with Gasteiger partial charge in [-0.1, -0.05) is 12.1 Å². The first-order valence-corrected chi connectivity index (χ1v) is 6.23. The maximum Gasteiger partial charge on any atom is 0.350 e. The number of carbonyl (C=O) groups excluding carboxylic acids is 1. The SMILES string of the molecule is CCOC(=O)/C=N/S(=O)(=O)c1ccccc1N. The lowest BCUT2D eigenvalue weighted by molar-refractivity contribution is -0.134. The third-order valence-corrected chi connectivity index (χ3v) is 3.09. The lowest BCUT2D eigenvalue weighted by atomic mass is 10.3. The summed E-state index contributed by atoms with van der Waals surface area (Å²) >= 11 is 0. The van der Waals surface area contributed by atoms with Crippen molar-refractivity contribution >= 4 is 27.9 Å². The average Bonchev–Trinajstić information content (AvgIpc) is 2.27. The molecule has 0 saturated carbocycles. The highest BCUT2D eigenvalue weighted by Crippen LogP contribution is 2.18. The molecule has 0 heterocycles. The summed E-state index contributed by atoms with van der Waals surface area (Å²) in [5.74, 6) is -0.814. The fourth-order valence-corrected chi connectivity index (χ4v) is 2.02. The van der Waals surface area contributed by atoms with Crippen molar-refractivity contribution in [3.8, 4) is 0 Å². The van der Waals surface area contributed by atoms with Gasteiger partial charge in [-0.15, -0.1) is 0 Å². The number of hydrogen-bond acceptors (Lipinski definition) is 5. The lowest BCUT2D eigenvalue weighted by Gasteiger charge is -2.01. The van der Waals surface area contributed by atoms with Gasteiger partial charge in [-0.25, -0.2) is 4.79 Å². The van der Waals surface area contributed by atoms with Crippen LogP contribution in [0.15, 0.2) is 33.6 Å². The lowest BCUT2D eigenvalue weighted by Crippen LogP contribution is -2.08. The molecule has 0 saturated heterocycles. The van der Waals surface area contributed by atoms with Gasteiger partial charge in [0.05, 0.1) is 12.3 Å². The quantitative estimate of drug-likeness (QED) is 0.483. The van der Waals surface area contributed by atoms with Crippen molar-refractivity contribution in [1.82, 2.24) is 0 Å². The fourth-order valence-electron chi connectivity index (χ4n) is 1.06. The topological polar surface area (TPSA) is 98.8 Å². The Labute approximate surface area is 99.2 Å². The molecule has 0 fully saturated rings. The molecule has 6 nitrogen and oxygen atoms in total. The number of rotatable bonds is 4. The van der Waals surface area contributed by atoms with Crippen LogP contribution in [0.5, 0.6) is 0 Å². The van der Waals surface area contributed by atoms with Crippen LogP contribution in [0.4, 0.5) is 5.69 Å². The van der Waals surface area contributed by atoms with Gasteiger partial charge in [-0.3, -0.25) is 0 Å². The normalized spacial score (nSPS) is 11.6. The summed E-state index contributed by atoms with van der Waals surface area (Å²) in [6, 6.07) is 5.87. The molecule has 17 heavy (non-hydrogen) atoms. The number of sulfonamides is 1.